The summed E-state index contributed by atoms with van der Waals surface area (Å²) in [5.74, 6) is 0.723. The summed E-state index contributed by atoms with van der Waals surface area (Å²) < 4.78 is 6.68. The van der Waals surface area contributed by atoms with Crippen LogP contribution in [0.1, 0.15) is 25.7 Å². The van der Waals surface area contributed by atoms with Crippen LogP contribution in [0.4, 0.5) is 0 Å². The first-order valence-electron chi connectivity index (χ1n) is 11.1. The van der Waals surface area contributed by atoms with Crippen LogP contribution in [0.15, 0.2) is 65.6 Å². The van der Waals surface area contributed by atoms with Crippen LogP contribution in [0.5, 0.6) is 5.75 Å². The number of benzene rings is 2. The molecule has 2 N–H and O–H groups in total. The molecule has 3 aromatic heterocycles. The first-order chi connectivity index (χ1) is 16.2. The molecule has 0 aliphatic heterocycles. The van der Waals surface area contributed by atoms with Gasteiger partial charge in [0.05, 0.1) is 39.5 Å². The topological polar surface area (TPSA) is 83.7 Å². The number of pyridine rings is 2. The molecule has 1 aliphatic carbocycles. The Balaban J connectivity index is 1.71. The molecule has 164 valence electrons. The third-order valence-corrected chi connectivity index (χ3v) is 6.55. The van der Waals surface area contributed by atoms with E-state index in [1.165, 1.54) is 6.07 Å². The van der Waals surface area contributed by atoms with E-state index in [9.17, 15) is 4.79 Å². The third-order valence-electron chi connectivity index (χ3n) is 6.25. The fourth-order valence-electron chi connectivity index (χ4n) is 4.67. The number of rotatable bonds is 4. The van der Waals surface area contributed by atoms with Crippen molar-refractivity contribution in [3.63, 3.8) is 0 Å². The Kier molecular flexibility index (Phi) is 4.88. The lowest BCUT2D eigenvalue weighted by Crippen LogP contribution is -2.14. The number of aromatic nitrogens is 4. The molecule has 0 spiro atoms. The predicted molar refractivity (Wildman–Crippen MR) is 131 cm³/mol. The summed E-state index contributed by atoms with van der Waals surface area (Å²) in [5, 5.41) is 9.36. The summed E-state index contributed by atoms with van der Waals surface area (Å²) in [6.45, 7) is 0. The minimum absolute atomic E-state index is 0.123. The summed E-state index contributed by atoms with van der Waals surface area (Å²) in [7, 11) is 0. The molecule has 0 unspecified atom stereocenters. The zero-order valence-corrected chi connectivity index (χ0v) is 18.5. The minimum Gasteiger partial charge on any atom is -0.489 e. The molecule has 7 heteroatoms. The van der Waals surface area contributed by atoms with E-state index in [0.29, 0.717) is 10.7 Å². The van der Waals surface area contributed by atoms with Crippen molar-refractivity contribution < 1.29 is 4.74 Å². The second-order valence-corrected chi connectivity index (χ2v) is 8.84. The van der Waals surface area contributed by atoms with Crippen LogP contribution in [0, 0.1) is 0 Å². The van der Waals surface area contributed by atoms with E-state index in [-0.39, 0.29) is 11.7 Å². The number of fused-ring (bicyclic) bond motifs is 2. The summed E-state index contributed by atoms with van der Waals surface area (Å²) in [6.07, 6.45) is 6.20. The number of halogens is 1. The van der Waals surface area contributed by atoms with Crippen LogP contribution in [-0.2, 0) is 0 Å². The molecule has 2 aromatic carbocycles. The van der Waals surface area contributed by atoms with Crippen molar-refractivity contribution in [2.24, 2.45) is 0 Å². The lowest BCUT2D eigenvalue weighted by atomic mass is 9.95. The Morgan fingerprint density at radius 2 is 1.82 bits per heavy atom. The van der Waals surface area contributed by atoms with Gasteiger partial charge in [0.15, 0.2) is 0 Å². The molecule has 0 bridgehead atoms. The molecule has 0 saturated heterocycles. The summed E-state index contributed by atoms with van der Waals surface area (Å²) in [6, 6.07) is 17.2. The maximum Gasteiger partial charge on any atom is 0.249 e. The van der Waals surface area contributed by atoms with Gasteiger partial charge in [0.1, 0.15) is 11.4 Å². The molecule has 6 nitrogen and oxygen atoms in total. The number of aromatic amines is 2. The van der Waals surface area contributed by atoms with Gasteiger partial charge in [0, 0.05) is 17.0 Å². The molecule has 3 heterocycles. The maximum absolute atomic E-state index is 12.1. The zero-order chi connectivity index (χ0) is 22.4. The van der Waals surface area contributed by atoms with Crippen molar-refractivity contribution in [3.05, 3.63) is 76.2 Å². The quantitative estimate of drug-likeness (QED) is 0.342. The zero-order valence-electron chi connectivity index (χ0n) is 17.8. The monoisotopic (exact) mass is 456 g/mol. The van der Waals surface area contributed by atoms with Gasteiger partial charge in [0.25, 0.3) is 0 Å². The molecule has 1 fully saturated rings. The van der Waals surface area contributed by atoms with Gasteiger partial charge in [-0.05, 0) is 49.4 Å². The highest BCUT2D eigenvalue weighted by molar-refractivity contribution is 6.35. The molecule has 0 amide bonds. The lowest BCUT2D eigenvalue weighted by Gasteiger charge is -2.21. The maximum atomic E-state index is 12.1. The predicted octanol–water partition coefficient (Wildman–Crippen LogP) is 6.11. The van der Waals surface area contributed by atoms with Crippen molar-refractivity contribution in [2.45, 2.75) is 31.8 Å². The average Bonchev–Trinajstić information content (AvgIpc) is 3.51. The van der Waals surface area contributed by atoms with Crippen LogP contribution in [-0.4, -0.2) is 26.3 Å². The van der Waals surface area contributed by atoms with Crippen molar-refractivity contribution in [1.29, 1.82) is 0 Å². The van der Waals surface area contributed by atoms with E-state index in [0.717, 1.165) is 70.1 Å². The first kappa shape index (κ1) is 20.0. The van der Waals surface area contributed by atoms with Gasteiger partial charge in [-0.25, -0.2) is 4.98 Å². The number of hydrogen-bond acceptors (Lipinski definition) is 4. The summed E-state index contributed by atoms with van der Waals surface area (Å²) in [4.78, 5) is 19.9. The fraction of sp³-hybridized carbons (Fsp3) is 0.192. The highest BCUT2D eigenvalue weighted by Gasteiger charge is 2.25. The number of H-pyrrole nitrogens is 2. The highest BCUT2D eigenvalue weighted by atomic mass is 35.5. The van der Waals surface area contributed by atoms with E-state index in [4.69, 9.17) is 21.3 Å². The molecule has 1 aliphatic rings. The molecule has 1 saturated carbocycles. The number of nitrogens with zero attached hydrogens (tertiary/aromatic N) is 2. The fourth-order valence-corrected chi connectivity index (χ4v) is 4.94. The molecule has 0 atom stereocenters. The van der Waals surface area contributed by atoms with Gasteiger partial charge in [0.2, 0.25) is 5.56 Å². The Labute approximate surface area is 194 Å². The van der Waals surface area contributed by atoms with Gasteiger partial charge in [-0.3, -0.25) is 9.89 Å². The Bertz CT molecular complexity index is 1540. The SMILES string of the molecule is O=c1ccc2c(OC3CCCC3)c(-c3cc(Cl)c4[nH]ncc4c3)c(-c3ccccc3)nc2[nH]1. The minimum atomic E-state index is -0.198. The molecule has 33 heavy (non-hydrogen) atoms. The van der Waals surface area contributed by atoms with Crippen LogP contribution >= 0.6 is 11.6 Å². The highest BCUT2D eigenvalue weighted by Crippen LogP contribution is 2.45. The number of nitrogens with one attached hydrogen (secondary N) is 2. The first-order valence-corrected chi connectivity index (χ1v) is 11.5. The largest absolute Gasteiger partial charge is 0.489 e. The Morgan fingerprint density at radius 3 is 2.64 bits per heavy atom. The van der Waals surface area contributed by atoms with Crippen molar-refractivity contribution in [2.75, 3.05) is 0 Å². The Hall–Kier alpha value is -3.64. The van der Waals surface area contributed by atoms with Gasteiger partial charge < -0.3 is 9.72 Å². The lowest BCUT2D eigenvalue weighted by molar-refractivity contribution is 0.213. The van der Waals surface area contributed by atoms with Crippen molar-refractivity contribution >= 4 is 33.5 Å². The van der Waals surface area contributed by atoms with Crippen LogP contribution in [0.3, 0.4) is 0 Å². The summed E-state index contributed by atoms with van der Waals surface area (Å²) >= 11 is 6.63. The van der Waals surface area contributed by atoms with Gasteiger partial charge in [-0.2, -0.15) is 5.10 Å². The number of hydrogen-bond donors (Lipinski definition) is 2. The van der Waals surface area contributed by atoms with Crippen molar-refractivity contribution in [3.8, 4) is 28.1 Å². The number of ether oxygens (including phenoxy) is 1. The van der Waals surface area contributed by atoms with E-state index >= 15 is 0 Å². The van der Waals surface area contributed by atoms with Gasteiger partial charge in [-0.1, -0.05) is 41.9 Å². The molecular formula is C26H21ClN4O2. The Morgan fingerprint density at radius 1 is 1.00 bits per heavy atom. The molecular weight excluding hydrogens is 436 g/mol. The second kappa shape index (κ2) is 8.05. The normalized spacial score (nSPS) is 14.3. The summed E-state index contributed by atoms with van der Waals surface area (Å²) in [5.41, 5.74) is 4.51. The standard InChI is InChI=1S/C26H21ClN4O2/c27-20-13-16(12-17-14-28-31-23(17)20)22-24(15-6-2-1-3-7-15)30-26-19(10-11-21(32)29-26)25(22)33-18-8-4-5-9-18/h1-3,6-7,10-14,18H,4-5,8-9H2,(H,28,31)(H,29,30,32). The molecule has 6 rings (SSSR count). The van der Waals surface area contributed by atoms with Crippen LogP contribution in [0.2, 0.25) is 5.02 Å². The van der Waals surface area contributed by atoms with E-state index in [1.54, 1.807) is 12.3 Å². The third kappa shape index (κ3) is 3.56. The van der Waals surface area contributed by atoms with E-state index in [1.807, 2.05) is 42.5 Å². The van der Waals surface area contributed by atoms with E-state index in [2.05, 4.69) is 15.2 Å². The molecule has 0 radical (unpaired) electrons. The smallest absolute Gasteiger partial charge is 0.249 e. The second-order valence-electron chi connectivity index (χ2n) is 8.43. The van der Waals surface area contributed by atoms with Crippen molar-refractivity contribution in [1.82, 2.24) is 20.2 Å². The van der Waals surface area contributed by atoms with E-state index < -0.39 is 0 Å². The van der Waals surface area contributed by atoms with Gasteiger partial charge in [-0.15, -0.1) is 0 Å². The van der Waals surface area contributed by atoms with Crippen LogP contribution in [0.25, 0.3) is 44.3 Å². The molecule has 5 aromatic rings. The average molecular weight is 457 g/mol. The van der Waals surface area contributed by atoms with Crippen LogP contribution < -0.4 is 10.3 Å². The van der Waals surface area contributed by atoms with Gasteiger partial charge >= 0.3 is 0 Å².